The minimum absolute atomic E-state index is 0.117. The number of nitrogens with two attached hydrogens (primary N) is 2. The number of rotatable bonds is 7. The molecule has 0 saturated heterocycles. The summed E-state index contributed by atoms with van der Waals surface area (Å²) in [6.45, 7) is 3.87. The fourth-order valence-corrected chi connectivity index (χ4v) is 2.75. The zero-order chi connectivity index (χ0) is 21.9. The van der Waals surface area contributed by atoms with Crippen molar-refractivity contribution in [1.82, 2.24) is 9.97 Å². The van der Waals surface area contributed by atoms with Gasteiger partial charge in [0, 0.05) is 42.2 Å². The van der Waals surface area contributed by atoms with E-state index < -0.39 is 24.8 Å². The van der Waals surface area contributed by atoms with Crippen LogP contribution in [0.2, 0.25) is 0 Å². The van der Waals surface area contributed by atoms with Gasteiger partial charge in [-0.2, -0.15) is 13.2 Å². The molecule has 0 amide bonds. The van der Waals surface area contributed by atoms with Crippen molar-refractivity contribution >= 4 is 22.3 Å². The molecule has 3 aromatic rings. The zero-order valence-electron chi connectivity index (χ0n) is 15.8. The van der Waals surface area contributed by atoms with E-state index in [4.69, 9.17) is 11.6 Å². The van der Waals surface area contributed by atoms with Crippen LogP contribution in [0.15, 0.2) is 66.9 Å². The normalized spacial score (nSPS) is 12.2. The fraction of sp³-hybridized carbons (Fsp3) is 0.150. The van der Waals surface area contributed by atoms with E-state index in [-0.39, 0.29) is 17.1 Å². The number of aromatic nitrogens is 2. The first-order chi connectivity index (χ1) is 14.1. The van der Waals surface area contributed by atoms with Gasteiger partial charge in [0.1, 0.15) is 5.82 Å². The van der Waals surface area contributed by atoms with Crippen molar-refractivity contribution in [3.63, 3.8) is 0 Å². The number of aryl methyl sites for hydroxylation is 1. The lowest BCUT2D eigenvalue weighted by Gasteiger charge is -2.17. The highest BCUT2D eigenvalue weighted by Gasteiger charge is 2.27. The largest absolute Gasteiger partial charge is 0.396 e. The first kappa shape index (κ1) is 21.2. The van der Waals surface area contributed by atoms with Gasteiger partial charge >= 0.3 is 6.18 Å². The second kappa shape index (κ2) is 8.46. The van der Waals surface area contributed by atoms with Crippen molar-refractivity contribution in [3.8, 4) is 0 Å². The van der Waals surface area contributed by atoms with Crippen molar-refractivity contribution < 1.29 is 17.6 Å². The van der Waals surface area contributed by atoms with E-state index in [2.05, 4.69) is 21.9 Å². The second-order valence-electron chi connectivity index (χ2n) is 6.58. The Morgan fingerprint density at radius 2 is 2.03 bits per heavy atom. The maximum absolute atomic E-state index is 14.1. The van der Waals surface area contributed by atoms with Gasteiger partial charge < -0.3 is 16.0 Å². The van der Waals surface area contributed by atoms with E-state index in [0.29, 0.717) is 5.70 Å². The molecule has 158 valence electrons. The van der Waals surface area contributed by atoms with Crippen molar-refractivity contribution in [2.45, 2.75) is 19.0 Å². The highest BCUT2D eigenvalue weighted by Crippen LogP contribution is 2.25. The Bertz CT molecular complexity index is 1090. The van der Waals surface area contributed by atoms with Crippen LogP contribution in [0.4, 0.5) is 28.9 Å². The van der Waals surface area contributed by atoms with Gasteiger partial charge in [-0.05, 0) is 6.07 Å². The van der Waals surface area contributed by atoms with Gasteiger partial charge in [0.2, 0.25) is 0 Å². The van der Waals surface area contributed by atoms with Crippen molar-refractivity contribution in [1.29, 1.82) is 0 Å². The third kappa shape index (κ3) is 5.09. The molecule has 6 nitrogen and oxygen atoms in total. The number of hydrazine groups is 1. The summed E-state index contributed by atoms with van der Waals surface area (Å²) in [7, 11) is 0. The summed E-state index contributed by atoms with van der Waals surface area (Å²) >= 11 is 0. The van der Waals surface area contributed by atoms with Gasteiger partial charge in [0.15, 0.2) is 0 Å². The SMILES string of the molecule is C=C(Nc1c[nH]c2ccccc12)/C(N)=C/N(N)c1cnc(CCC(F)(F)F)c(F)c1. The van der Waals surface area contributed by atoms with Crippen LogP contribution in [-0.2, 0) is 6.42 Å². The Morgan fingerprint density at radius 1 is 1.30 bits per heavy atom. The number of H-pyrrole nitrogens is 1. The third-order valence-electron chi connectivity index (χ3n) is 4.35. The molecule has 6 N–H and O–H groups in total. The van der Waals surface area contributed by atoms with Crippen LogP contribution in [-0.4, -0.2) is 16.1 Å². The molecule has 3 rings (SSSR count). The Hall–Kier alpha value is -3.53. The minimum atomic E-state index is -4.39. The number of hydrogen-bond acceptors (Lipinski definition) is 5. The van der Waals surface area contributed by atoms with Gasteiger partial charge in [-0.3, -0.25) is 9.99 Å². The van der Waals surface area contributed by atoms with Crippen molar-refractivity contribution in [2.24, 2.45) is 11.6 Å². The topological polar surface area (TPSA) is 96.0 Å². The number of benzene rings is 1. The molecule has 1 aromatic carbocycles. The van der Waals surface area contributed by atoms with E-state index >= 15 is 0 Å². The maximum atomic E-state index is 14.1. The van der Waals surface area contributed by atoms with Crippen LogP contribution >= 0.6 is 0 Å². The van der Waals surface area contributed by atoms with Crippen LogP contribution in [0.5, 0.6) is 0 Å². The number of fused-ring (bicyclic) bond motifs is 1. The smallest absolute Gasteiger partial charge is 0.389 e. The molecule has 0 bridgehead atoms. The molecule has 0 saturated carbocycles. The molecule has 0 radical (unpaired) electrons. The van der Waals surface area contributed by atoms with Crippen LogP contribution in [0.25, 0.3) is 10.9 Å². The Labute approximate surface area is 169 Å². The quantitative estimate of drug-likeness (QED) is 0.198. The predicted molar refractivity (Wildman–Crippen MR) is 109 cm³/mol. The highest BCUT2D eigenvalue weighted by atomic mass is 19.4. The van der Waals surface area contributed by atoms with Crippen LogP contribution in [0.1, 0.15) is 12.1 Å². The number of halogens is 4. The van der Waals surface area contributed by atoms with Gasteiger partial charge in [-0.15, -0.1) is 0 Å². The lowest BCUT2D eigenvalue weighted by atomic mass is 10.2. The number of para-hydroxylation sites is 1. The zero-order valence-corrected chi connectivity index (χ0v) is 15.8. The molecule has 0 aliphatic rings. The average Bonchev–Trinajstić information content (AvgIpc) is 3.09. The van der Waals surface area contributed by atoms with Crippen LogP contribution in [0.3, 0.4) is 0 Å². The van der Waals surface area contributed by atoms with Gasteiger partial charge in [0.05, 0.1) is 34.7 Å². The summed E-state index contributed by atoms with van der Waals surface area (Å²) in [5.41, 5.74) is 8.06. The molecule has 0 fully saturated rings. The van der Waals surface area contributed by atoms with Gasteiger partial charge in [-0.25, -0.2) is 10.2 Å². The summed E-state index contributed by atoms with van der Waals surface area (Å²) in [5.74, 6) is 5.00. The fourth-order valence-electron chi connectivity index (χ4n) is 2.75. The lowest BCUT2D eigenvalue weighted by molar-refractivity contribution is -0.134. The summed E-state index contributed by atoms with van der Waals surface area (Å²) < 4.78 is 51.0. The monoisotopic (exact) mass is 420 g/mol. The summed E-state index contributed by atoms with van der Waals surface area (Å²) in [5, 5.41) is 5.03. The highest BCUT2D eigenvalue weighted by molar-refractivity contribution is 5.93. The lowest BCUT2D eigenvalue weighted by Crippen LogP contribution is -2.27. The Balaban J connectivity index is 1.69. The average molecular weight is 420 g/mol. The molecule has 0 spiro atoms. The molecule has 2 heterocycles. The van der Waals surface area contributed by atoms with Crippen molar-refractivity contribution in [3.05, 3.63) is 78.4 Å². The van der Waals surface area contributed by atoms with Gasteiger partial charge in [-0.1, -0.05) is 24.8 Å². The molecule has 0 atom stereocenters. The van der Waals surface area contributed by atoms with Gasteiger partial charge in [0.25, 0.3) is 0 Å². The Morgan fingerprint density at radius 3 is 2.73 bits per heavy atom. The number of pyridine rings is 1. The second-order valence-corrected chi connectivity index (χ2v) is 6.58. The minimum Gasteiger partial charge on any atom is -0.396 e. The number of aromatic amines is 1. The summed E-state index contributed by atoms with van der Waals surface area (Å²) in [6, 6.07) is 8.64. The third-order valence-corrected chi connectivity index (χ3v) is 4.35. The van der Waals surface area contributed by atoms with E-state index in [1.165, 1.54) is 12.4 Å². The van der Waals surface area contributed by atoms with E-state index in [1.54, 1.807) is 6.20 Å². The van der Waals surface area contributed by atoms with E-state index in [9.17, 15) is 17.6 Å². The number of alkyl halides is 3. The maximum Gasteiger partial charge on any atom is 0.389 e. The number of hydrogen-bond donors (Lipinski definition) is 4. The van der Waals surface area contributed by atoms with Crippen LogP contribution in [0, 0.1) is 5.82 Å². The molecule has 10 heteroatoms. The first-order valence-electron chi connectivity index (χ1n) is 8.89. The molecule has 2 aromatic heterocycles. The van der Waals surface area contributed by atoms with E-state index in [0.717, 1.165) is 27.7 Å². The predicted octanol–water partition coefficient (Wildman–Crippen LogP) is 4.30. The number of anilines is 2. The Kier molecular flexibility index (Phi) is 5.97. The molecule has 30 heavy (non-hydrogen) atoms. The number of nitrogens with zero attached hydrogens (tertiary/aromatic N) is 2. The molecular formula is C20H20F4N6. The number of nitrogens with one attached hydrogen (secondary N) is 2. The molecular weight excluding hydrogens is 400 g/mol. The standard InChI is InChI=1S/C20H20F4N6/c1-12(29-19-10-28-17-5-3-2-4-14(17)19)16(25)11-30(26)13-8-15(21)18(27-9-13)6-7-20(22,23)24/h2-5,8-11,28-29H,1,6-7,25-26H2/b16-11-. The summed E-state index contributed by atoms with van der Waals surface area (Å²) in [6.07, 6.45) is -1.85. The molecule has 0 unspecified atom stereocenters. The molecule has 0 aliphatic heterocycles. The van der Waals surface area contributed by atoms with E-state index in [1.807, 2.05) is 24.3 Å². The molecule has 0 aliphatic carbocycles. The van der Waals surface area contributed by atoms with Crippen LogP contribution < -0.4 is 21.9 Å². The first-order valence-corrected chi connectivity index (χ1v) is 8.89. The summed E-state index contributed by atoms with van der Waals surface area (Å²) in [4.78, 5) is 6.85. The van der Waals surface area contributed by atoms with Crippen molar-refractivity contribution in [2.75, 3.05) is 10.3 Å².